The lowest BCUT2D eigenvalue weighted by Gasteiger charge is -2.07. The van der Waals surface area contributed by atoms with Gasteiger partial charge in [0.1, 0.15) is 0 Å². The van der Waals surface area contributed by atoms with Gasteiger partial charge in [-0.05, 0) is 31.7 Å². The summed E-state index contributed by atoms with van der Waals surface area (Å²) in [5, 5.41) is 0. The molecule has 12 heavy (non-hydrogen) atoms. The standard InChI is InChI=1S/C11H15N/c1-9-2-4-10(5-3-9)8-11(12)6-7-11/h2-5H,6-8,12H2,1H3. The average Bonchev–Trinajstić information content (AvgIpc) is 2.74. The molecule has 64 valence electrons. The molecule has 2 rings (SSSR count). The van der Waals surface area contributed by atoms with E-state index in [0.717, 1.165) is 6.42 Å². The van der Waals surface area contributed by atoms with E-state index >= 15 is 0 Å². The third-order valence-electron chi connectivity index (χ3n) is 2.57. The number of aryl methyl sites for hydroxylation is 1. The largest absolute Gasteiger partial charge is 0.325 e. The molecule has 1 aromatic rings. The molecule has 1 fully saturated rings. The van der Waals surface area contributed by atoms with Crippen LogP contribution in [0.25, 0.3) is 0 Å². The van der Waals surface area contributed by atoms with Crippen molar-refractivity contribution in [3.05, 3.63) is 35.4 Å². The van der Waals surface area contributed by atoms with Crippen LogP contribution in [0.4, 0.5) is 0 Å². The summed E-state index contributed by atoms with van der Waals surface area (Å²) in [7, 11) is 0. The van der Waals surface area contributed by atoms with E-state index in [1.54, 1.807) is 0 Å². The summed E-state index contributed by atoms with van der Waals surface area (Å²) in [5.41, 5.74) is 8.86. The smallest absolute Gasteiger partial charge is 0.0196 e. The third-order valence-corrected chi connectivity index (χ3v) is 2.57. The van der Waals surface area contributed by atoms with Gasteiger partial charge in [0.2, 0.25) is 0 Å². The van der Waals surface area contributed by atoms with Gasteiger partial charge in [0.15, 0.2) is 0 Å². The molecule has 1 nitrogen and oxygen atoms in total. The number of hydrogen-bond donors (Lipinski definition) is 1. The minimum Gasteiger partial charge on any atom is -0.325 e. The highest BCUT2D eigenvalue weighted by atomic mass is 14.8. The molecular formula is C11H15N. The van der Waals surface area contributed by atoms with Crippen molar-refractivity contribution >= 4 is 0 Å². The van der Waals surface area contributed by atoms with Gasteiger partial charge in [-0.25, -0.2) is 0 Å². The van der Waals surface area contributed by atoms with Gasteiger partial charge in [0.05, 0.1) is 0 Å². The van der Waals surface area contributed by atoms with Crippen LogP contribution in [0.2, 0.25) is 0 Å². The van der Waals surface area contributed by atoms with E-state index in [2.05, 4.69) is 31.2 Å². The van der Waals surface area contributed by atoms with Crippen molar-refractivity contribution in [2.24, 2.45) is 5.73 Å². The second-order valence-corrected chi connectivity index (χ2v) is 4.02. The van der Waals surface area contributed by atoms with E-state index in [9.17, 15) is 0 Å². The Morgan fingerprint density at radius 2 is 1.83 bits per heavy atom. The predicted octanol–water partition coefficient (Wildman–Crippen LogP) is 2.03. The van der Waals surface area contributed by atoms with Gasteiger partial charge >= 0.3 is 0 Å². The SMILES string of the molecule is Cc1ccc(CC2(N)CC2)cc1. The van der Waals surface area contributed by atoms with Gasteiger partial charge in [0.25, 0.3) is 0 Å². The summed E-state index contributed by atoms with van der Waals surface area (Å²) < 4.78 is 0. The van der Waals surface area contributed by atoms with E-state index in [1.165, 1.54) is 24.0 Å². The summed E-state index contributed by atoms with van der Waals surface area (Å²) in [6, 6.07) is 8.67. The van der Waals surface area contributed by atoms with Gasteiger partial charge in [0, 0.05) is 5.54 Å². The molecule has 0 atom stereocenters. The fourth-order valence-electron chi connectivity index (χ4n) is 1.45. The van der Waals surface area contributed by atoms with E-state index in [1.807, 2.05) is 0 Å². The molecule has 0 spiro atoms. The molecule has 1 heteroatoms. The van der Waals surface area contributed by atoms with Crippen LogP contribution in [0.15, 0.2) is 24.3 Å². The van der Waals surface area contributed by atoms with Crippen molar-refractivity contribution in [3.8, 4) is 0 Å². The Kier molecular flexibility index (Phi) is 1.69. The quantitative estimate of drug-likeness (QED) is 0.705. The molecule has 0 saturated heterocycles. The molecule has 0 bridgehead atoms. The molecule has 0 radical (unpaired) electrons. The lowest BCUT2D eigenvalue weighted by molar-refractivity contribution is 0.672. The van der Waals surface area contributed by atoms with Crippen molar-refractivity contribution in [1.82, 2.24) is 0 Å². The van der Waals surface area contributed by atoms with Crippen LogP contribution in [-0.2, 0) is 6.42 Å². The molecule has 0 aromatic heterocycles. The Morgan fingerprint density at radius 1 is 1.25 bits per heavy atom. The van der Waals surface area contributed by atoms with E-state index < -0.39 is 0 Å². The van der Waals surface area contributed by atoms with Crippen LogP contribution in [0.3, 0.4) is 0 Å². The van der Waals surface area contributed by atoms with E-state index in [0.29, 0.717) is 0 Å². The van der Waals surface area contributed by atoms with Crippen molar-refractivity contribution < 1.29 is 0 Å². The predicted molar refractivity (Wildman–Crippen MR) is 51.0 cm³/mol. The van der Waals surface area contributed by atoms with E-state index in [4.69, 9.17) is 5.73 Å². The molecular weight excluding hydrogens is 146 g/mol. The Morgan fingerprint density at radius 3 is 2.33 bits per heavy atom. The van der Waals surface area contributed by atoms with Crippen molar-refractivity contribution in [2.45, 2.75) is 31.7 Å². The van der Waals surface area contributed by atoms with Gasteiger partial charge in [-0.3, -0.25) is 0 Å². The lowest BCUT2D eigenvalue weighted by atomic mass is 10.0. The van der Waals surface area contributed by atoms with Crippen LogP contribution >= 0.6 is 0 Å². The second kappa shape index (κ2) is 2.60. The maximum Gasteiger partial charge on any atom is 0.0196 e. The summed E-state index contributed by atoms with van der Waals surface area (Å²) in [6.07, 6.45) is 3.44. The van der Waals surface area contributed by atoms with Gasteiger partial charge in [-0.1, -0.05) is 29.8 Å². The van der Waals surface area contributed by atoms with Crippen LogP contribution in [-0.4, -0.2) is 5.54 Å². The highest BCUT2D eigenvalue weighted by Crippen LogP contribution is 2.35. The first-order valence-corrected chi connectivity index (χ1v) is 4.52. The molecule has 0 unspecified atom stereocenters. The maximum absolute atomic E-state index is 6.02. The number of rotatable bonds is 2. The fraction of sp³-hybridized carbons (Fsp3) is 0.455. The third kappa shape index (κ3) is 1.67. The summed E-state index contributed by atoms with van der Waals surface area (Å²) >= 11 is 0. The Bertz CT molecular complexity index is 270. The summed E-state index contributed by atoms with van der Waals surface area (Å²) in [4.78, 5) is 0. The Balaban J connectivity index is 2.08. The monoisotopic (exact) mass is 161 g/mol. The van der Waals surface area contributed by atoms with Gasteiger partial charge < -0.3 is 5.73 Å². The first-order chi connectivity index (χ1) is 5.68. The number of benzene rings is 1. The first kappa shape index (κ1) is 7.81. The second-order valence-electron chi connectivity index (χ2n) is 4.02. The summed E-state index contributed by atoms with van der Waals surface area (Å²) in [5.74, 6) is 0. The summed E-state index contributed by atoms with van der Waals surface area (Å²) in [6.45, 7) is 2.11. The highest BCUT2D eigenvalue weighted by Gasteiger charge is 2.37. The Hall–Kier alpha value is -0.820. The molecule has 0 heterocycles. The topological polar surface area (TPSA) is 26.0 Å². The molecule has 1 saturated carbocycles. The first-order valence-electron chi connectivity index (χ1n) is 4.52. The molecule has 0 aliphatic heterocycles. The van der Waals surface area contributed by atoms with Crippen molar-refractivity contribution in [1.29, 1.82) is 0 Å². The highest BCUT2D eigenvalue weighted by molar-refractivity contribution is 5.24. The molecule has 2 N–H and O–H groups in total. The average molecular weight is 161 g/mol. The van der Waals surface area contributed by atoms with E-state index in [-0.39, 0.29) is 5.54 Å². The zero-order chi connectivity index (χ0) is 8.60. The molecule has 1 aliphatic carbocycles. The zero-order valence-electron chi connectivity index (χ0n) is 7.51. The lowest BCUT2D eigenvalue weighted by Crippen LogP contribution is -2.24. The maximum atomic E-state index is 6.02. The number of hydrogen-bond acceptors (Lipinski definition) is 1. The molecule has 1 aliphatic rings. The van der Waals surface area contributed by atoms with Crippen LogP contribution < -0.4 is 5.73 Å². The number of nitrogens with two attached hydrogens (primary N) is 1. The van der Waals surface area contributed by atoms with Crippen LogP contribution in [0, 0.1) is 6.92 Å². The Labute approximate surface area is 73.6 Å². The minimum atomic E-state index is 0.148. The van der Waals surface area contributed by atoms with Gasteiger partial charge in [-0.2, -0.15) is 0 Å². The van der Waals surface area contributed by atoms with Gasteiger partial charge in [-0.15, -0.1) is 0 Å². The molecule has 0 amide bonds. The van der Waals surface area contributed by atoms with Crippen LogP contribution in [0.5, 0.6) is 0 Å². The fourth-order valence-corrected chi connectivity index (χ4v) is 1.45. The van der Waals surface area contributed by atoms with Crippen LogP contribution in [0.1, 0.15) is 24.0 Å². The minimum absolute atomic E-state index is 0.148. The normalized spacial score (nSPS) is 19.2. The molecule has 1 aromatic carbocycles. The van der Waals surface area contributed by atoms with Crippen molar-refractivity contribution in [2.75, 3.05) is 0 Å². The zero-order valence-corrected chi connectivity index (χ0v) is 7.51. The van der Waals surface area contributed by atoms with Crippen molar-refractivity contribution in [3.63, 3.8) is 0 Å².